The van der Waals surface area contributed by atoms with Gasteiger partial charge >= 0.3 is 18.3 Å². The smallest absolute Gasteiger partial charge is 0.433 e. The Kier molecular flexibility index (Phi) is 6.71. The monoisotopic (exact) mass is 586 g/mol. The van der Waals surface area contributed by atoms with Gasteiger partial charge in [-0.15, -0.1) is 0 Å². The number of ether oxygens (including phenoxy) is 1. The molecule has 1 aliphatic heterocycles. The van der Waals surface area contributed by atoms with E-state index < -0.39 is 56.5 Å². The topological polar surface area (TPSA) is 96.8 Å². The molecule has 14 heteroatoms. The number of aromatic nitrogens is 1. The van der Waals surface area contributed by atoms with Crippen LogP contribution in [-0.4, -0.2) is 37.1 Å². The third-order valence-electron chi connectivity index (χ3n) is 6.99. The Bertz CT molecular complexity index is 1570. The molecule has 1 saturated carbocycles. The van der Waals surface area contributed by atoms with Crippen molar-refractivity contribution in [3.05, 3.63) is 71.9 Å². The number of carboxylic acid groups (broad SMARTS) is 1. The fraction of sp³-hybridized carbons (Fsp3) is 0.308. The lowest BCUT2D eigenvalue weighted by atomic mass is 9.72. The van der Waals surface area contributed by atoms with Crippen molar-refractivity contribution < 1.29 is 49.4 Å². The van der Waals surface area contributed by atoms with Crippen molar-refractivity contribution in [2.45, 2.75) is 36.2 Å². The van der Waals surface area contributed by atoms with Crippen LogP contribution in [0.4, 0.5) is 32.0 Å². The van der Waals surface area contributed by atoms with Gasteiger partial charge in [0.25, 0.3) is 10.0 Å². The molecule has 3 aromatic rings. The van der Waals surface area contributed by atoms with Crippen molar-refractivity contribution in [3.8, 4) is 17.0 Å². The van der Waals surface area contributed by atoms with Crippen molar-refractivity contribution in [1.82, 2.24) is 4.98 Å². The molecule has 212 valence electrons. The third kappa shape index (κ3) is 5.19. The molecule has 5 rings (SSSR count). The van der Waals surface area contributed by atoms with E-state index in [1.54, 1.807) is 0 Å². The maximum Gasteiger partial charge on any atom is 0.433 e. The minimum absolute atomic E-state index is 0.0290. The molecule has 2 aliphatic rings. The van der Waals surface area contributed by atoms with Crippen LogP contribution in [-0.2, 0) is 27.2 Å². The number of hydrogen-bond donors (Lipinski definition) is 1. The van der Waals surface area contributed by atoms with E-state index in [1.807, 2.05) is 0 Å². The molecule has 0 spiro atoms. The first-order valence-electron chi connectivity index (χ1n) is 11.9. The lowest BCUT2D eigenvalue weighted by Gasteiger charge is -2.43. The molecule has 7 nitrogen and oxygen atoms in total. The summed E-state index contributed by atoms with van der Waals surface area (Å²) >= 11 is 0. The molecular weight excluding hydrogens is 566 g/mol. The summed E-state index contributed by atoms with van der Waals surface area (Å²) in [7, 11) is -4.63. The van der Waals surface area contributed by atoms with Gasteiger partial charge in [-0.25, -0.2) is 13.4 Å². The molecular formula is C26H20F6N2O5S. The van der Waals surface area contributed by atoms with Crippen LogP contribution in [0.1, 0.15) is 24.1 Å². The summed E-state index contributed by atoms with van der Waals surface area (Å²) < 4.78 is 114. The van der Waals surface area contributed by atoms with Crippen molar-refractivity contribution in [3.63, 3.8) is 0 Å². The zero-order valence-electron chi connectivity index (χ0n) is 20.3. The summed E-state index contributed by atoms with van der Waals surface area (Å²) in [6.07, 6.45) is -9.90. The second-order valence-electron chi connectivity index (χ2n) is 9.57. The summed E-state index contributed by atoms with van der Waals surface area (Å²) in [5.41, 5.74) is -2.43. The zero-order chi connectivity index (χ0) is 29.0. The maximum atomic E-state index is 13.8. The number of alkyl halides is 6. The Balaban J connectivity index is 1.58. The van der Waals surface area contributed by atoms with Crippen molar-refractivity contribution in [2.75, 3.05) is 10.8 Å². The van der Waals surface area contributed by atoms with Crippen LogP contribution in [0, 0.1) is 11.8 Å². The van der Waals surface area contributed by atoms with E-state index in [4.69, 9.17) is 4.74 Å². The van der Waals surface area contributed by atoms with Gasteiger partial charge in [0.2, 0.25) is 0 Å². The van der Waals surface area contributed by atoms with Gasteiger partial charge in [0, 0.05) is 5.56 Å². The van der Waals surface area contributed by atoms with Crippen LogP contribution in [0.25, 0.3) is 11.3 Å². The average molecular weight is 587 g/mol. The highest BCUT2D eigenvalue weighted by molar-refractivity contribution is 7.92. The number of fused-ring (bicyclic) bond motifs is 1. The second kappa shape index (κ2) is 9.68. The number of carboxylic acids is 1. The van der Waals surface area contributed by atoms with Gasteiger partial charge in [-0.1, -0.05) is 12.1 Å². The fourth-order valence-corrected chi connectivity index (χ4v) is 6.31. The number of benzene rings is 2. The van der Waals surface area contributed by atoms with E-state index >= 15 is 0 Å². The fourth-order valence-electron chi connectivity index (χ4n) is 4.79. The van der Waals surface area contributed by atoms with Gasteiger partial charge in [0.15, 0.2) is 0 Å². The molecule has 0 saturated heterocycles. The Labute approximate surface area is 224 Å². The minimum Gasteiger partial charge on any atom is -0.486 e. The largest absolute Gasteiger partial charge is 0.486 e. The molecule has 1 aromatic heterocycles. The first kappa shape index (κ1) is 27.7. The first-order valence-corrected chi connectivity index (χ1v) is 13.4. The number of carbonyl (C=O) groups is 1. The minimum atomic E-state index is -4.81. The van der Waals surface area contributed by atoms with Crippen molar-refractivity contribution >= 4 is 21.7 Å². The van der Waals surface area contributed by atoms with E-state index in [9.17, 15) is 44.7 Å². The standard InChI is InChI=1S/C26H20F6N2O5S/c27-25(28,29)17-3-1-4-18(12-17)40(37,38)34-13-22(15-9-16(10-15)24(35)36)39-21-8-7-14(11-20(21)34)19-5-2-6-23(33-19)26(30,31)32/h1-8,11-12,15-16,22H,9-10,13H2,(H,35,36)/t15?,16?,22-/m1/s1. The Hall–Kier alpha value is -3.81. The number of sulfonamides is 1. The van der Waals surface area contributed by atoms with Crippen LogP contribution in [0.5, 0.6) is 5.75 Å². The number of halogens is 6. The Morgan fingerprint density at radius 3 is 2.30 bits per heavy atom. The van der Waals surface area contributed by atoms with E-state index in [0.717, 1.165) is 34.6 Å². The molecule has 1 atom stereocenters. The Morgan fingerprint density at radius 2 is 1.65 bits per heavy atom. The maximum absolute atomic E-state index is 13.8. The quantitative estimate of drug-likeness (QED) is 0.377. The van der Waals surface area contributed by atoms with Gasteiger partial charge in [-0.3, -0.25) is 9.10 Å². The predicted molar refractivity (Wildman–Crippen MR) is 129 cm³/mol. The summed E-state index contributed by atoms with van der Waals surface area (Å²) in [6.45, 7) is -0.345. The highest BCUT2D eigenvalue weighted by Gasteiger charge is 2.45. The van der Waals surface area contributed by atoms with Crippen LogP contribution in [0.15, 0.2) is 65.6 Å². The summed E-state index contributed by atoms with van der Waals surface area (Å²) in [4.78, 5) is 14.3. The second-order valence-corrected chi connectivity index (χ2v) is 11.4. The number of nitrogens with zero attached hydrogens (tertiary/aromatic N) is 2. The highest BCUT2D eigenvalue weighted by Crippen LogP contribution is 2.45. The van der Waals surface area contributed by atoms with Gasteiger partial charge in [-0.05, 0) is 67.3 Å². The first-order chi connectivity index (χ1) is 18.6. The van der Waals surface area contributed by atoms with E-state index in [0.29, 0.717) is 6.07 Å². The molecule has 1 aliphatic carbocycles. The predicted octanol–water partition coefficient (Wildman–Crippen LogP) is 5.85. The van der Waals surface area contributed by atoms with Crippen LogP contribution >= 0.6 is 0 Å². The number of anilines is 1. The molecule has 0 radical (unpaired) electrons. The van der Waals surface area contributed by atoms with Gasteiger partial charge in [0.05, 0.1) is 34.3 Å². The molecule has 1 N–H and O–H groups in total. The number of aliphatic carboxylic acids is 1. The third-order valence-corrected chi connectivity index (χ3v) is 8.76. The Morgan fingerprint density at radius 1 is 0.950 bits per heavy atom. The summed E-state index contributed by atoms with van der Waals surface area (Å²) in [5, 5.41) is 9.22. The summed E-state index contributed by atoms with van der Waals surface area (Å²) in [5.74, 6) is -1.93. The van der Waals surface area contributed by atoms with Crippen LogP contribution < -0.4 is 9.04 Å². The van der Waals surface area contributed by atoms with Gasteiger partial charge in [0.1, 0.15) is 17.5 Å². The molecule has 2 aromatic carbocycles. The van der Waals surface area contributed by atoms with Crippen molar-refractivity contribution in [1.29, 1.82) is 0 Å². The molecule has 1 fully saturated rings. The molecule has 0 amide bonds. The average Bonchev–Trinajstić information content (AvgIpc) is 2.86. The van der Waals surface area contributed by atoms with Gasteiger partial charge < -0.3 is 9.84 Å². The summed E-state index contributed by atoms with van der Waals surface area (Å²) in [6, 6.07) is 10.4. The van der Waals surface area contributed by atoms with Crippen LogP contribution in [0.2, 0.25) is 0 Å². The zero-order valence-corrected chi connectivity index (χ0v) is 21.1. The normalized spacial score (nSPS) is 21.2. The van der Waals surface area contributed by atoms with E-state index in [2.05, 4.69) is 4.98 Å². The number of rotatable bonds is 5. The SMILES string of the molecule is O=C(O)C1CC([C@H]2CN(S(=O)(=O)c3cccc(C(F)(F)F)c3)c3cc(-c4cccc(C(F)(F)F)n4)ccc3O2)C1. The molecule has 2 heterocycles. The lowest BCUT2D eigenvalue weighted by Crippen LogP contribution is -2.50. The molecule has 40 heavy (non-hydrogen) atoms. The van der Waals surface area contributed by atoms with Crippen molar-refractivity contribution in [2.24, 2.45) is 11.8 Å². The highest BCUT2D eigenvalue weighted by atomic mass is 32.2. The number of pyridine rings is 1. The molecule has 0 unspecified atom stereocenters. The van der Waals surface area contributed by atoms with Gasteiger partial charge in [-0.2, -0.15) is 26.3 Å². The van der Waals surface area contributed by atoms with E-state index in [-0.39, 0.29) is 48.0 Å². The van der Waals surface area contributed by atoms with Crippen LogP contribution in [0.3, 0.4) is 0 Å². The molecule has 0 bridgehead atoms. The van der Waals surface area contributed by atoms with E-state index in [1.165, 1.54) is 24.3 Å². The lowest BCUT2D eigenvalue weighted by molar-refractivity contribution is -0.148. The number of hydrogen-bond acceptors (Lipinski definition) is 5.